The van der Waals surface area contributed by atoms with Gasteiger partial charge in [-0.05, 0) is 18.6 Å². The summed E-state index contributed by atoms with van der Waals surface area (Å²) >= 11 is 1.44. The summed E-state index contributed by atoms with van der Waals surface area (Å²) in [5.41, 5.74) is 0. The van der Waals surface area contributed by atoms with Crippen LogP contribution in [-0.2, 0) is 9.59 Å². The molecule has 2 unspecified atom stereocenters. The van der Waals surface area contributed by atoms with Gasteiger partial charge in [-0.2, -0.15) is 0 Å². The van der Waals surface area contributed by atoms with Crippen molar-refractivity contribution in [3.63, 3.8) is 0 Å². The quantitative estimate of drug-likeness (QED) is 0.833. The van der Waals surface area contributed by atoms with Crippen LogP contribution in [0.1, 0.15) is 23.9 Å². The van der Waals surface area contributed by atoms with E-state index in [0.717, 1.165) is 0 Å². The molecule has 0 saturated carbocycles. The van der Waals surface area contributed by atoms with Gasteiger partial charge in [-0.25, -0.2) is 4.79 Å². The second-order valence-electron chi connectivity index (χ2n) is 4.51. The van der Waals surface area contributed by atoms with Crippen LogP contribution in [0.2, 0.25) is 0 Å². The Morgan fingerprint density at radius 2 is 2.29 bits per heavy atom. The highest BCUT2D eigenvalue weighted by Gasteiger charge is 2.40. The number of furan rings is 1. The third-order valence-corrected chi connectivity index (χ3v) is 4.61. The Morgan fingerprint density at radius 3 is 2.86 bits per heavy atom. The fourth-order valence-corrected chi connectivity index (χ4v) is 3.51. The Morgan fingerprint density at radius 1 is 1.52 bits per heavy atom. The number of hydrogen-bond acceptors (Lipinski definition) is 5. The molecule has 1 aliphatic rings. The highest BCUT2D eigenvalue weighted by Crippen LogP contribution is 2.31. The molecule has 1 aromatic rings. The number of carbonyl (C=O) groups is 3. The van der Waals surface area contributed by atoms with Gasteiger partial charge in [-0.15, -0.1) is 11.8 Å². The minimum Gasteiger partial charge on any atom is -0.480 e. The summed E-state index contributed by atoms with van der Waals surface area (Å²) in [6, 6.07) is 2.22. The van der Waals surface area contributed by atoms with Gasteiger partial charge in [0.2, 0.25) is 5.91 Å². The molecule has 114 valence electrons. The van der Waals surface area contributed by atoms with Crippen molar-refractivity contribution in [3.8, 4) is 0 Å². The van der Waals surface area contributed by atoms with Crippen LogP contribution in [0.15, 0.2) is 22.8 Å². The van der Waals surface area contributed by atoms with E-state index in [1.807, 2.05) is 6.92 Å². The van der Waals surface area contributed by atoms with Crippen molar-refractivity contribution in [2.75, 3.05) is 12.3 Å². The second-order valence-corrected chi connectivity index (χ2v) is 5.72. The number of carboxylic acids is 1. The van der Waals surface area contributed by atoms with Crippen LogP contribution in [-0.4, -0.2) is 51.5 Å². The number of aliphatic carboxylic acids is 1. The lowest BCUT2D eigenvalue weighted by Gasteiger charge is -2.26. The summed E-state index contributed by atoms with van der Waals surface area (Å²) in [5.74, 6) is -1.45. The predicted octanol–water partition coefficient (Wildman–Crippen LogP) is 0.774. The molecule has 2 rings (SSSR count). The molecule has 8 heteroatoms. The number of amides is 2. The first-order valence-electron chi connectivity index (χ1n) is 6.51. The maximum Gasteiger partial charge on any atom is 0.327 e. The van der Waals surface area contributed by atoms with Crippen LogP contribution < -0.4 is 5.32 Å². The molecule has 7 nitrogen and oxygen atoms in total. The zero-order valence-corrected chi connectivity index (χ0v) is 12.3. The van der Waals surface area contributed by atoms with Crippen LogP contribution in [0.5, 0.6) is 0 Å². The van der Waals surface area contributed by atoms with Gasteiger partial charge in [0, 0.05) is 5.75 Å². The van der Waals surface area contributed by atoms with Gasteiger partial charge in [0.25, 0.3) is 5.91 Å². The molecule has 0 spiro atoms. The lowest BCUT2D eigenvalue weighted by atomic mass is 10.2. The molecule has 0 radical (unpaired) electrons. The fraction of sp³-hybridized carbons (Fsp3) is 0.462. The monoisotopic (exact) mass is 312 g/mol. The summed E-state index contributed by atoms with van der Waals surface area (Å²) in [5, 5.41) is 11.4. The number of carboxylic acid groups (broad SMARTS) is 1. The molecule has 0 aliphatic carbocycles. The topological polar surface area (TPSA) is 99.9 Å². The lowest BCUT2D eigenvalue weighted by Crippen LogP contribution is -2.49. The van der Waals surface area contributed by atoms with Gasteiger partial charge in [0.15, 0.2) is 5.76 Å². The maximum absolute atomic E-state index is 12.2. The second kappa shape index (κ2) is 6.66. The van der Waals surface area contributed by atoms with E-state index < -0.39 is 23.8 Å². The summed E-state index contributed by atoms with van der Waals surface area (Å²) in [7, 11) is 0. The fourth-order valence-electron chi connectivity index (χ4n) is 2.14. The average Bonchev–Trinajstić information content (AvgIpc) is 3.12. The summed E-state index contributed by atoms with van der Waals surface area (Å²) in [6.07, 6.45) is 2.02. The summed E-state index contributed by atoms with van der Waals surface area (Å²) in [4.78, 5) is 36.4. The van der Waals surface area contributed by atoms with Crippen molar-refractivity contribution in [2.45, 2.75) is 24.8 Å². The number of nitrogens with zero attached hydrogens (tertiary/aromatic N) is 1. The molecule has 2 heterocycles. The van der Waals surface area contributed by atoms with Crippen LogP contribution in [0.25, 0.3) is 0 Å². The van der Waals surface area contributed by atoms with E-state index in [4.69, 9.17) is 9.52 Å². The molecule has 0 aromatic carbocycles. The van der Waals surface area contributed by atoms with Crippen LogP contribution in [0.3, 0.4) is 0 Å². The van der Waals surface area contributed by atoms with E-state index in [1.165, 1.54) is 29.0 Å². The normalized spacial score (nSPS) is 21.3. The van der Waals surface area contributed by atoms with E-state index in [0.29, 0.717) is 12.2 Å². The van der Waals surface area contributed by atoms with Crippen LogP contribution in [0, 0.1) is 0 Å². The molecule has 1 fully saturated rings. The smallest absolute Gasteiger partial charge is 0.327 e. The zero-order valence-electron chi connectivity index (χ0n) is 11.4. The van der Waals surface area contributed by atoms with Crippen molar-refractivity contribution in [1.29, 1.82) is 0 Å². The van der Waals surface area contributed by atoms with Gasteiger partial charge in [-0.1, -0.05) is 6.92 Å². The molecule has 1 saturated heterocycles. The Bertz CT molecular complexity index is 531. The predicted molar refractivity (Wildman–Crippen MR) is 75.8 cm³/mol. The Balaban J connectivity index is 1.97. The third kappa shape index (κ3) is 3.38. The molecule has 2 N–H and O–H groups in total. The highest BCUT2D eigenvalue weighted by atomic mass is 32.2. The van der Waals surface area contributed by atoms with Crippen molar-refractivity contribution >= 4 is 29.5 Å². The van der Waals surface area contributed by atoms with Gasteiger partial charge in [0.1, 0.15) is 6.04 Å². The molecule has 21 heavy (non-hydrogen) atoms. The minimum absolute atomic E-state index is 0.112. The number of nitrogens with one attached hydrogen (secondary N) is 1. The molecular formula is C13H16N2O5S. The van der Waals surface area contributed by atoms with Crippen LogP contribution in [0.4, 0.5) is 0 Å². The van der Waals surface area contributed by atoms with Crippen molar-refractivity contribution in [1.82, 2.24) is 10.2 Å². The largest absolute Gasteiger partial charge is 0.480 e. The van der Waals surface area contributed by atoms with E-state index >= 15 is 0 Å². The standard InChI is InChI=1S/C13H16N2O5S/c1-2-11-15(8(7-21-11)13(18)19)10(16)6-14-12(17)9-4-3-5-20-9/h3-5,8,11H,2,6-7H2,1H3,(H,14,17)(H,18,19). The highest BCUT2D eigenvalue weighted by molar-refractivity contribution is 8.00. The van der Waals surface area contributed by atoms with E-state index in [1.54, 1.807) is 6.07 Å². The van der Waals surface area contributed by atoms with Gasteiger partial charge >= 0.3 is 5.97 Å². The molecule has 2 amide bonds. The first kappa shape index (κ1) is 15.4. The summed E-state index contributed by atoms with van der Waals surface area (Å²) in [6.45, 7) is 1.64. The number of carbonyl (C=O) groups excluding carboxylic acids is 2. The molecule has 2 atom stereocenters. The molecule has 0 bridgehead atoms. The van der Waals surface area contributed by atoms with Crippen molar-refractivity contribution < 1.29 is 23.9 Å². The number of thioether (sulfide) groups is 1. The Kier molecular flexibility index (Phi) is 4.89. The number of hydrogen-bond donors (Lipinski definition) is 2. The molecule has 1 aromatic heterocycles. The number of rotatable bonds is 5. The third-order valence-electron chi connectivity index (χ3n) is 3.16. The molecular weight excluding hydrogens is 296 g/mol. The first-order chi connectivity index (χ1) is 10.0. The Labute approximate surface area is 125 Å². The van der Waals surface area contributed by atoms with Gasteiger partial charge < -0.3 is 19.7 Å². The van der Waals surface area contributed by atoms with E-state index in [2.05, 4.69) is 5.32 Å². The molecule has 1 aliphatic heterocycles. The van der Waals surface area contributed by atoms with Crippen LogP contribution >= 0.6 is 11.8 Å². The average molecular weight is 312 g/mol. The minimum atomic E-state index is -1.02. The van der Waals surface area contributed by atoms with Crippen molar-refractivity contribution in [3.05, 3.63) is 24.2 Å². The SMILES string of the molecule is CCC1SCC(C(=O)O)N1C(=O)CNC(=O)c1ccco1. The summed E-state index contributed by atoms with van der Waals surface area (Å²) < 4.78 is 4.92. The first-order valence-corrected chi connectivity index (χ1v) is 7.56. The van der Waals surface area contributed by atoms with Gasteiger partial charge in [0.05, 0.1) is 18.2 Å². The lowest BCUT2D eigenvalue weighted by molar-refractivity contribution is -0.148. The van der Waals surface area contributed by atoms with Gasteiger partial charge in [-0.3, -0.25) is 9.59 Å². The maximum atomic E-state index is 12.2. The Hall–Kier alpha value is -1.96. The van der Waals surface area contributed by atoms with E-state index in [-0.39, 0.29) is 17.7 Å². The zero-order chi connectivity index (χ0) is 15.4. The van der Waals surface area contributed by atoms with Crippen molar-refractivity contribution in [2.24, 2.45) is 0 Å². The van der Waals surface area contributed by atoms with E-state index in [9.17, 15) is 14.4 Å².